The minimum atomic E-state index is -4.90. The summed E-state index contributed by atoms with van der Waals surface area (Å²) in [5.41, 5.74) is -2.27. The van der Waals surface area contributed by atoms with Gasteiger partial charge in [-0.1, -0.05) is 6.07 Å². The summed E-state index contributed by atoms with van der Waals surface area (Å²) >= 11 is 0. The molecular formula is C7H6N2O7S. The van der Waals surface area contributed by atoms with E-state index in [4.69, 9.17) is 4.55 Å². The molecule has 0 atom stereocenters. The fourth-order valence-electron chi connectivity index (χ4n) is 1.28. The van der Waals surface area contributed by atoms with Crippen LogP contribution in [-0.4, -0.2) is 22.8 Å². The lowest BCUT2D eigenvalue weighted by atomic mass is 10.2. The number of hydrogen-bond donors (Lipinski definition) is 1. The van der Waals surface area contributed by atoms with Gasteiger partial charge in [0.05, 0.1) is 9.85 Å². The van der Waals surface area contributed by atoms with Crippen LogP contribution in [0.1, 0.15) is 5.56 Å². The molecular weight excluding hydrogens is 256 g/mol. The highest BCUT2D eigenvalue weighted by Crippen LogP contribution is 2.36. The van der Waals surface area contributed by atoms with Gasteiger partial charge < -0.3 is 0 Å². The van der Waals surface area contributed by atoms with E-state index in [-0.39, 0.29) is 5.56 Å². The molecule has 0 unspecified atom stereocenters. The average Bonchev–Trinajstić information content (AvgIpc) is 2.14. The molecule has 0 fully saturated rings. The van der Waals surface area contributed by atoms with Gasteiger partial charge in [-0.2, -0.15) is 8.42 Å². The molecule has 10 heteroatoms. The number of nitrogens with zero attached hydrogens (tertiary/aromatic N) is 2. The van der Waals surface area contributed by atoms with Crippen molar-refractivity contribution in [2.75, 3.05) is 0 Å². The second-order valence-corrected chi connectivity index (χ2v) is 4.46. The van der Waals surface area contributed by atoms with E-state index in [1.807, 2.05) is 0 Å². The van der Waals surface area contributed by atoms with Crippen molar-refractivity contribution in [2.45, 2.75) is 11.8 Å². The van der Waals surface area contributed by atoms with Crippen LogP contribution in [0.5, 0.6) is 0 Å². The molecule has 0 aromatic heterocycles. The van der Waals surface area contributed by atoms with E-state index >= 15 is 0 Å². The van der Waals surface area contributed by atoms with Crippen LogP contribution in [0.15, 0.2) is 17.0 Å². The van der Waals surface area contributed by atoms with Crippen molar-refractivity contribution in [3.8, 4) is 0 Å². The number of nitro benzene ring substituents is 2. The molecule has 0 aliphatic heterocycles. The molecule has 0 saturated carbocycles. The zero-order valence-corrected chi connectivity index (χ0v) is 9.17. The molecule has 1 aromatic carbocycles. The molecule has 0 amide bonds. The summed E-state index contributed by atoms with van der Waals surface area (Å²) in [6.07, 6.45) is 0. The van der Waals surface area contributed by atoms with Crippen LogP contribution in [0.25, 0.3) is 0 Å². The third-order valence-electron chi connectivity index (χ3n) is 1.96. The lowest BCUT2D eigenvalue weighted by molar-refractivity contribution is -0.424. The van der Waals surface area contributed by atoms with Crippen LogP contribution in [0.4, 0.5) is 11.4 Å². The van der Waals surface area contributed by atoms with Crippen molar-refractivity contribution in [3.05, 3.63) is 37.9 Å². The maximum absolute atomic E-state index is 10.9. The molecule has 9 nitrogen and oxygen atoms in total. The van der Waals surface area contributed by atoms with E-state index < -0.39 is 36.2 Å². The van der Waals surface area contributed by atoms with Gasteiger partial charge in [-0.25, -0.2) is 0 Å². The van der Waals surface area contributed by atoms with Crippen molar-refractivity contribution in [1.82, 2.24) is 0 Å². The summed E-state index contributed by atoms with van der Waals surface area (Å²) < 4.78 is 30.5. The van der Waals surface area contributed by atoms with Crippen molar-refractivity contribution in [1.29, 1.82) is 0 Å². The zero-order chi connectivity index (χ0) is 13.4. The average molecular weight is 262 g/mol. The van der Waals surface area contributed by atoms with Gasteiger partial charge >= 0.3 is 21.5 Å². The summed E-state index contributed by atoms with van der Waals surface area (Å²) in [6, 6.07) is 1.75. The second kappa shape index (κ2) is 4.07. The summed E-state index contributed by atoms with van der Waals surface area (Å²) in [4.78, 5) is 17.9. The number of aryl methyl sites for hydroxylation is 1. The maximum atomic E-state index is 10.9. The topological polar surface area (TPSA) is 141 Å². The van der Waals surface area contributed by atoms with Gasteiger partial charge in [0.15, 0.2) is 4.90 Å². The van der Waals surface area contributed by atoms with E-state index in [1.54, 1.807) is 0 Å². The van der Waals surface area contributed by atoms with Gasteiger partial charge in [0.1, 0.15) is 0 Å². The standard InChI is InChI=1S/C7H6N2O7S/c1-4-2-3-5(17(14,15)16)7(9(12)13)6(4)8(10)11/h2-3H,1H3,(H,14,15,16). The van der Waals surface area contributed by atoms with Crippen LogP contribution in [0.2, 0.25) is 0 Å². The first kappa shape index (κ1) is 13.0. The Hall–Kier alpha value is -2.07. The van der Waals surface area contributed by atoms with Crippen molar-refractivity contribution in [3.63, 3.8) is 0 Å². The Morgan fingerprint density at radius 1 is 1.12 bits per heavy atom. The smallest absolute Gasteiger partial charge is 0.282 e. The number of benzene rings is 1. The van der Waals surface area contributed by atoms with Crippen LogP contribution in [0, 0.1) is 27.2 Å². The SMILES string of the molecule is Cc1ccc(S(=O)(=O)O)c([N+](=O)[O-])c1[N+](=O)[O-]. The molecule has 17 heavy (non-hydrogen) atoms. The minimum Gasteiger partial charge on any atom is -0.282 e. The lowest BCUT2D eigenvalue weighted by Gasteiger charge is -2.02. The largest absolute Gasteiger partial charge is 0.367 e. The molecule has 92 valence electrons. The van der Waals surface area contributed by atoms with Gasteiger partial charge in [0.2, 0.25) is 0 Å². The number of hydrogen-bond acceptors (Lipinski definition) is 6. The van der Waals surface area contributed by atoms with Gasteiger partial charge in [0, 0.05) is 5.56 Å². The van der Waals surface area contributed by atoms with Crippen LogP contribution >= 0.6 is 0 Å². The maximum Gasteiger partial charge on any atom is 0.367 e. The highest BCUT2D eigenvalue weighted by Gasteiger charge is 2.35. The quantitative estimate of drug-likeness (QED) is 0.487. The number of rotatable bonds is 3. The summed E-state index contributed by atoms with van der Waals surface area (Å²) in [6.45, 7) is 1.22. The molecule has 0 radical (unpaired) electrons. The third-order valence-corrected chi connectivity index (χ3v) is 2.84. The lowest BCUT2D eigenvalue weighted by Crippen LogP contribution is -2.07. The molecule has 0 spiro atoms. The predicted octanol–water partition coefficient (Wildman–Crippen LogP) is 1.06. The summed E-state index contributed by atoms with van der Waals surface area (Å²) in [7, 11) is -4.90. The van der Waals surface area contributed by atoms with E-state index in [0.29, 0.717) is 0 Å². The Kier molecular flexibility index (Phi) is 3.11. The molecule has 0 saturated heterocycles. The molecule has 1 N–H and O–H groups in total. The summed E-state index contributed by atoms with van der Waals surface area (Å²) in [5.74, 6) is 0. The van der Waals surface area contributed by atoms with E-state index in [1.165, 1.54) is 6.92 Å². The van der Waals surface area contributed by atoms with E-state index in [0.717, 1.165) is 12.1 Å². The fourth-order valence-corrected chi connectivity index (χ4v) is 1.93. The van der Waals surface area contributed by atoms with Crippen LogP contribution in [-0.2, 0) is 10.1 Å². The molecule has 0 aliphatic rings. The van der Waals surface area contributed by atoms with Gasteiger partial charge in [-0.05, 0) is 13.0 Å². The van der Waals surface area contributed by atoms with Crippen LogP contribution in [0.3, 0.4) is 0 Å². The minimum absolute atomic E-state index is 0.0749. The molecule has 0 aliphatic carbocycles. The number of nitro groups is 2. The normalized spacial score (nSPS) is 11.2. The van der Waals surface area contributed by atoms with Crippen molar-refractivity contribution >= 4 is 21.5 Å². The van der Waals surface area contributed by atoms with E-state index in [9.17, 15) is 28.6 Å². The Labute approximate surface area is 94.7 Å². The second-order valence-electron chi connectivity index (χ2n) is 3.07. The Morgan fingerprint density at radius 3 is 1.94 bits per heavy atom. The van der Waals surface area contributed by atoms with Gasteiger partial charge in [-0.3, -0.25) is 24.8 Å². The highest BCUT2D eigenvalue weighted by atomic mass is 32.2. The molecule has 1 rings (SSSR count). The third kappa shape index (κ3) is 2.37. The first-order valence-corrected chi connectivity index (χ1v) is 5.50. The zero-order valence-electron chi connectivity index (χ0n) is 8.35. The highest BCUT2D eigenvalue weighted by molar-refractivity contribution is 7.86. The predicted molar refractivity (Wildman–Crippen MR) is 54.3 cm³/mol. The first-order valence-electron chi connectivity index (χ1n) is 4.06. The monoisotopic (exact) mass is 262 g/mol. The molecule has 0 heterocycles. The van der Waals surface area contributed by atoms with Gasteiger partial charge in [0.25, 0.3) is 0 Å². The first-order chi connectivity index (χ1) is 7.66. The van der Waals surface area contributed by atoms with Crippen molar-refractivity contribution < 1.29 is 22.8 Å². The fraction of sp³-hybridized carbons (Fsp3) is 0.143. The van der Waals surface area contributed by atoms with Crippen LogP contribution < -0.4 is 0 Å². The molecule has 1 aromatic rings. The summed E-state index contributed by atoms with van der Waals surface area (Å²) in [5, 5.41) is 21.3. The van der Waals surface area contributed by atoms with Crippen molar-refractivity contribution in [2.24, 2.45) is 0 Å². The van der Waals surface area contributed by atoms with E-state index in [2.05, 4.69) is 0 Å². The molecule has 0 bridgehead atoms. The Morgan fingerprint density at radius 2 is 1.59 bits per heavy atom. The Balaban J connectivity index is 3.85. The van der Waals surface area contributed by atoms with Gasteiger partial charge in [-0.15, -0.1) is 0 Å². The Bertz CT molecular complexity index is 607.